The van der Waals surface area contributed by atoms with Crippen LogP contribution in [0.25, 0.3) is 0 Å². The molecule has 2 aromatic rings. The molecule has 0 fully saturated rings. The first-order valence-corrected chi connectivity index (χ1v) is 6.28. The van der Waals surface area contributed by atoms with Gasteiger partial charge >= 0.3 is 5.97 Å². The number of aliphatic carboxylic acids is 1. The molecule has 0 aliphatic rings. The van der Waals surface area contributed by atoms with E-state index in [1.165, 1.54) is 0 Å². The summed E-state index contributed by atoms with van der Waals surface area (Å²) in [7, 11) is 0. The summed E-state index contributed by atoms with van der Waals surface area (Å²) < 4.78 is 5.64. The Kier molecular flexibility index (Phi) is 3.99. The molecular formula is C14H11BrO3. The van der Waals surface area contributed by atoms with Crippen molar-refractivity contribution in [1.82, 2.24) is 0 Å². The Bertz CT molecular complexity index is 540. The molecule has 0 aliphatic carbocycles. The van der Waals surface area contributed by atoms with Gasteiger partial charge in [0.15, 0.2) is 0 Å². The molecule has 1 unspecified atom stereocenters. The third-order valence-electron chi connectivity index (χ3n) is 2.35. The van der Waals surface area contributed by atoms with Crippen molar-refractivity contribution < 1.29 is 14.6 Å². The number of carboxylic acids is 1. The van der Waals surface area contributed by atoms with Crippen LogP contribution < -0.4 is 4.74 Å². The van der Waals surface area contributed by atoms with Gasteiger partial charge in [0.25, 0.3) is 0 Å². The molecule has 0 bridgehead atoms. The highest BCUT2D eigenvalue weighted by molar-refractivity contribution is 9.09. The lowest BCUT2D eigenvalue weighted by atomic mass is 10.1. The number of rotatable bonds is 4. The normalized spacial score (nSPS) is 11.8. The van der Waals surface area contributed by atoms with Crippen LogP contribution in [0.2, 0.25) is 0 Å². The van der Waals surface area contributed by atoms with E-state index in [0.29, 0.717) is 11.3 Å². The average Bonchev–Trinajstić information content (AvgIpc) is 2.39. The number of para-hydroxylation sites is 1. The highest BCUT2D eigenvalue weighted by Gasteiger charge is 2.15. The van der Waals surface area contributed by atoms with Crippen molar-refractivity contribution >= 4 is 21.9 Å². The average molecular weight is 307 g/mol. The van der Waals surface area contributed by atoms with Crippen molar-refractivity contribution in [2.45, 2.75) is 4.83 Å². The molecule has 0 heterocycles. The summed E-state index contributed by atoms with van der Waals surface area (Å²) in [6.07, 6.45) is 0. The van der Waals surface area contributed by atoms with Crippen LogP contribution in [0.3, 0.4) is 0 Å². The van der Waals surface area contributed by atoms with E-state index in [9.17, 15) is 4.79 Å². The molecule has 2 rings (SSSR count). The Morgan fingerprint density at radius 3 is 2.39 bits per heavy atom. The lowest BCUT2D eigenvalue weighted by molar-refractivity contribution is -0.136. The van der Waals surface area contributed by atoms with Gasteiger partial charge in [-0.15, -0.1) is 0 Å². The van der Waals surface area contributed by atoms with Crippen LogP contribution in [0.5, 0.6) is 11.5 Å². The van der Waals surface area contributed by atoms with Gasteiger partial charge < -0.3 is 9.84 Å². The van der Waals surface area contributed by atoms with Crippen molar-refractivity contribution in [2.75, 3.05) is 0 Å². The van der Waals surface area contributed by atoms with Gasteiger partial charge in [0.05, 0.1) is 0 Å². The fourth-order valence-electron chi connectivity index (χ4n) is 1.50. The molecule has 0 saturated heterocycles. The molecule has 0 spiro atoms. The molecule has 18 heavy (non-hydrogen) atoms. The van der Waals surface area contributed by atoms with Gasteiger partial charge in [0, 0.05) is 0 Å². The molecule has 0 radical (unpaired) electrons. The fraction of sp³-hybridized carbons (Fsp3) is 0.0714. The first kappa shape index (κ1) is 12.6. The maximum absolute atomic E-state index is 10.9. The summed E-state index contributed by atoms with van der Waals surface area (Å²) in [5.41, 5.74) is 0.649. The Balaban J connectivity index is 2.20. The standard InChI is InChI=1S/C14H11BrO3/c15-13(14(16)17)10-5-4-8-12(9-10)18-11-6-2-1-3-7-11/h1-9,13H,(H,16,17). The number of hydrogen-bond donors (Lipinski definition) is 1. The van der Waals surface area contributed by atoms with Gasteiger partial charge in [-0.25, -0.2) is 0 Å². The highest BCUT2D eigenvalue weighted by atomic mass is 79.9. The zero-order chi connectivity index (χ0) is 13.0. The van der Waals surface area contributed by atoms with E-state index in [-0.39, 0.29) is 0 Å². The molecule has 92 valence electrons. The van der Waals surface area contributed by atoms with Gasteiger partial charge in [-0.2, -0.15) is 0 Å². The second-order valence-electron chi connectivity index (χ2n) is 3.69. The minimum Gasteiger partial charge on any atom is -0.480 e. The van der Waals surface area contributed by atoms with Gasteiger partial charge in [-0.1, -0.05) is 46.3 Å². The van der Waals surface area contributed by atoms with Crippen LogP contribution in [0, 0.1) is 0 Å². The fourth-order valence-corrected chi connectivity index (χ4v) is 1.79. The zero-order valence-corrected chi connectivity index (χ0v) is 11.0. The molecule has 0 saturated carbocycles. The smallest absolute Gasteiger partial charge is 0.321 e. The van der Waals surface area contributed by atoms with Crippen molar-refractivity contribution in [3.8, 4) is 11.5 Å². The second-order valence-corrected chi connectivity index (χ2v) is 4.60. The Morgan fingerprint density at radius 2 is 1.72 bits per heavy atom. The third kappa shape index (κ3) is 3.11. The Morgan fingerprint density at radius 1 is 1.06 bits per heavy atom. The van der Waals surface area contributed by atoms with E-state index in [2.05, 4.69) is 15.9 Å². The van der Waals surface area contributed by atoms with E-state index >= 15 is 0 Å². The number of hydrogen-bond acceptors (Lipinski definition) is 2. The van der Waals surface area contributed by atoms with Crippen LogP contribution in [-0.4, -0.2) is 11.1 Å². The predicted molar refractivity (Wildman–Crippen MR) is 72.3 cm³/mol. The van der Waals surface area contributed by atoms with Crippen LogP contribution in [0.1, 0.15) is 10.4 Å². The van der Waals surface area contributed by atoms with E-state index in [1.807, 2.05) is 30.3 Å². The predicted octanol–water partition coefficient (Wildman–Crippen LogP) is 4.00. The molecule has 0 aliphatic heterocycles. The number of benzene rings is 2. The maximum Gasteiger partial charge on any atom is 0.321 e. The molecule has 4 heteroatoms. The molecule has 2 aromatic carbocycles. The molecule has 1 N–H and O–H groups in total. The number of ether oxygens (including phenoxy) is 1. The number of carboxylic acid groups (broad SMARTS) is 1. The third-order valence-corrected chi connectivity index (χ3v) is 3.27. The first-order chi connectivity index (χ1) is 8.66. The number of alkyl halides is 1. The monoisotopic (exact) mass is 306 g/mol. The zero-order valence-electron chi connectivity index (χ0n) is 9.42. The van der Waals surface area contributed by atoms with E-state index < -0.39 is 10.8 Å². The minimum absolute atomic E-state index is 0.615. The second kappa shape index (κ2) is 5.69. The maximum atomic E-state index is 10.9. The highest BCUT2D eigenvalue weighted by Crippen LogP contribution is 2.28. The Hall–Kier alpha value is -1.81. The first-order valence-electron chi connectivity index (χ1n) is 5.36. The Labute approximate surface area is 113 Å². The number of halogens is 1. The largest absolute Gasteiger partial charge is 0.480 e. The van der Waals surface area contributed by atoms with Crippen molar-refractivity contribution in [3.05, 3.63) is 60.2 Å². The molecule has 0 aromatic heterocycles. The van der Waals surface area contributed by atoms with E-state index in [1.54, 1.807) is 24.3 Å². The van der Waals surface area contributed by atoms with Crippen LogP contribution in [-0.2, 0) is 4.79 Å². The lowest BCUT2D eigenvalue weighted by Gasteiger charge is -2.09. The SMILES string of the molecule is O=C(O)C(Br)c1cccc(Oc2ccccc2)c1. The van der Waals surface area contributed by atoms with Gasteiger partial charge in [0.2, 0.25) is 0 Å². The topological polar surface area (TPSA) is 46.5 Å². The summed E-state index contributed by atoms with van der Waals surface area (Å²) in [4.78, 5) is 10.2. The summed E-state index contributed by atoms with van der Waals surface area (Å²) in [6.45, 7) is 0. The van der Waals surface area contributed by atoms with Crippen molar-refractivity contribution in [2.24, 2.45) is 0 Å². The van der Waals surface area contributed by atoms with Crippen LogP contribution in [0.4, 0.5) is 0 Å². The van der Waals surface area contributed by atoms with Crippen molar-refractivity contribution in [3.63, 3.8) is 0 Å². The quantitative estimate of drug-likeness (QED) is 0.868. The van der Waals surface area contributed by atoms with Gasteiger partial charge in [-0.3, -0.25) is 4.79 Å². The van der Waals surface area contributed by atoms with Crippen LogP contribution >= 0.6 is 15.9 Å². The molecular weight excluding hydrogens is 296 g/mol. The van der Waals surface area contributed by atoms with E-state index in [0.717, 1.165) is 5.75 Å². The van der Waals surface area contributed by atoms with Gasteiger partial charge in [-0.05, 0) is 29.8 Å². The minimum atomic E-state index is -0.924. The van der Waals surface area contributed by atoms with Crippen LogP contribution in [0.15, 0.2) is 54.6 Å². The summed E-state index contributed by atoms with van der Waals surface area (Å²) >= 11 is 3.11. The van der Waals surface area contributed by atoms with Crippen molar-refractivity contribution in [1.29, 1.82) is 0 Å². The summed E-state index contributed by atoms with van der Waals surface area (Å²) in [5, 5.41) is 8.93. The molecule has 3 nitrogen and oxygen atoms in total. The number of carbonyl (C=O) groups is 1. The summed E-state index contributed by atoms with van der Waals surface area (Å²) in [5.74, 6) is 0.410. The lowest BCUT2D eigenvalue weighted by Crippen LogP contribution is -2.04. The molecule has 1 atom stereocenters. The van der Waals surface area contributed by atoms with E-state index in [4.69, 9.17) is 9.84 Å². The summed E-state index contributed by atoms with van der Waals surface area (Å²) in [6, 6.07) is 16.4. The van der Waals surface area contributed by atoms with Gasteiger partial charge in [0.1, 0.15) is 16.3 Å². The molecule has 0 amide bonds.